The number of pyridine rings is 1. The third-order valence-electron chi connectivity index (χ3n) is 2.78. The molecule has 96 valence electrons. The maximum absolute atomic E-state index is 5.97. The van der Waals surface area contributed by atoms with Crippen molar-refractivity contribution in [2.24, 2.45) is 0 Å². The lowest BCUT2D eigenvalue weighted by atomic mass is 10.2. The molecule has 3 heterocycles. The number of rotatable bonds is 3. The van der Waals surface area contributed by atoms with Crippen LogP contribution in [-0.4, -0.2) is 22.0 Å². The molecule has 0 N–H and O–H groups in total. The SMILES string of the molecule is CN(Cc1cccnc1)c1nc(Cl)nc2sccc12. The Bertz CT molecular complexity index is 698. The van der Waals surface area contributed by atoms with Gasteiger partial charge >= 0.3 is 0 Å². The Morgan fingerprint density at radius 2 is 2.21 bits per heavy atom. The predicted molar refractivity (Wildman–Crippen MR) is 78.8 cm³/mol. The number of fused-ring (bicyclic) bond motifs is 1. The molecule has 3 rings (SSSR count). The van der Waals surface area contributed by atoms with Gasteiger partial charge in [0.05, 0.1) is 5.39 Å². The largest absolute Gasteiger partial charge is 0.355 e. The number of nitrogens with zero attached hydrogens (tertiary/aromatic N) is 4. The highest BCUT2D eigenvalue weighted by Crippen LogP contribution is 2.29. The first kappa shape index (κ1) is 12.3. The third kappa shape index (κ3) is 2.52. The Balaban J connectivity index is 1.97. The molecule has 0 unspecified atom stereocenters. The zero-order valence-electron chi connectivity index (χ0n) is 10.2. The van der Waals surface area contributed by atoms with Crippen LogP contribution in [0.3, 0.4) is 0 Å². The van der Waals surface area contributed by atoms with Gasteiger partial charge in [0.2, 0.25) is 5.28 Å². The number of hydrogen-bond acceptors (Lipinski definition) is 5. The molecule has 0 aliphatic heterocycles. The van der Waals surface area contributed by atoms with Crippen molar-refractivity contribution in [2.75, 3.05) is 11.9 Å². The van der Waals surface area contributed by atoms with Gasteiger partial charge in [-0.1, -0.05) is 6.07 Å². The lowest BCUT2D eigenvalue weighted by Gasteiger charge is -2.18. The molecule has 6 heteroatoms. The molecule has 0 radical (unpaired) electrons. The van der Waals surface area contributed by atoms with Crippen LogP contribution >= 0.6 is 22.9 Å². The summed E-state index contributed by atoms with van der Waals surface area (Å²) >= 11 is 7.54. The number of thiophene rings is 1. The Hall–Kier alpha value is -1.72. The molecular weight excluding hydrogens is 280 g/mol. The zero-order valence-corrected chi connectivity index (χ0v) is 11.8. The van der Waals surface area contributed by atoms with E-state index >= 15 is 0 Å². The van der Waals surface area contributed by atoms with E-state index in [9.17, 15) is 0 Å². The first-order chi connectivity index (χ1) is 9.24. The maximum Gasteiger partial charge on any atom is 0.225 e. The second-order valence-corrected chi connectivity index (χ2v) is 5.41. The van der Waals surface area contributed by atoms with E-state index in [2.05, 4.69) is 19.9 Å². The first-order valence-corrected chi connectivity index (χ1v) is 7.00. The molecule has 0 aliphatic carbocycles. The number of halogens is 1. The van der Waals surface area contributed by atoms with Crippen LogP contribution in [0, 0.1) is 0 Å². The monoisotopic (exact) mass is 290 g/mol. The summed E-state index contributed by atoms with van der Waals surface area (Å²) in [5, 5.41) is 3.31. The summed E-state index contributed by atoms with van der Waals surface area (Å²) in [6.45, 7) is 0.728. The van der Waals surface area contributed by atoms with Crippen LogP contribution in [0.1, 0.15) is 5.56 Å². The summed E-state index contributed by atoms with van der Waals surface area (Å²) in [6.07, 6.45) is 3.62. The van der Waals surface area contributed by atoms with Crippen molar-refractivity contribution in [1.29, 1.82) is 0 Å². The average molecular weight is 291 g/mol. The lowest BCUT2D eigenvalue weighted by molar-refractivity contribution is 0.895. The van der Waals surface area contributed by atoms with Gasteiger partial charge in [0, 0.05) is 26.0 Å². The summed E-state index contributed by atoms with van der Waals surface area (Å²) in [4.78, 5) is 15.6. The molecule has 19 heavy (non-hydrogen) atoms. The van der Waals surface area contributed by atoms with Crippen LogP contribution in [0.4, 0.5) is 5.82 Å². The van der Waals surface area contributed by atoms with Gasteiger partial charge in [-0.05, 0) is 34.7 Å². The summed E-state index contributed by atoms with van der Waals surface area (Å²) in [5.41, 5.74) is 1.13. The minimum Gasteiger partial charge on any atom is -0.355 e. The van der Waals surface area contributed by atoms with E-state index in [4.69, 9.17) is 11.6 Å². The Kier molecular flexibility index (Phi) is 3.31. The maximum atomic E-state index is 5.97. The minimum absolute atomic E-state index is 0.281. The molecule has 0 bridgehead atoms. The van der Waals surface area contributed by atoms with Gasteiger partial charge in [0.1, 0.15) is 10.6 Å². The van der Waals surface area contributed by atoms with Crippen LogP contribution in [0.2, 0.25) is 5.28 Å². The summed E-state index contributed by atoms with van der Waals surface area (Å²) in [6, 6.07) is 5.98. The highest BCUT2D eigenvalue weighted by molar-refractivity contribution is 7.16. The molecular formula is C13H11ClN4S. The average Bonchev–Trinajstić information content (AvgIpc) is 2.86. The van der Waals surface area contributed by atoms with E-state index in [1.54, 1.807) is 17.5 Å². The van der Waals surface area contributed by atoms with E-state index in [0.717, 1.165) is 28.1 Å². The van der Waals surface area contributed by atoms with Crippen LogP contribution in [0.25, 0.3) is 10.2 Å². The van der Waals surface area contributed by atoms with Crippen LogP contribution in [0.15, 0.2) is 36.0 Å². The van der Waals surface area contributed by atoms with Crippen molar-refractivity contribution in [2.45, 2.75) is 6.54 Å². The molecule has 3 aromatic rings. The van der Waals surface area contributed by atoms with Gasteiger partial charge in [-0.15, -0.1) is 11.3 Å². The molecule has 0 aromatic carbocycles. The van der Waals surface area contributed by atoms with Crippen molar-refractivity contribution in [3.63, 3.8) is 0 Å². The quantitative estimate of drug-likeness (QED) is 0.694. The normalized spacial score (nSPS) is 10.8. The molecule has 4 nitrogen and oxygen atoms in total. The standard InChI is InChI=1S/C13H11ClN4S/c1-18(8-9-3-2-5-15-7-9)11-10-4-6-19-12(10)17-13(14)16-11/h2-7H,8H2,1H3. The van der Waals surface area contributed by atoms with E-state index in [1.165, 1.54) is 0 Å². The summed E-state index contributed by atoms with van der Waals surface area (Å²) in [5.74, 6) is 0.847. The highest BCUT2D eigenvalue weighted by Gasteiger charge is 2.12. The van der Waals surface area contributed by atoms with Gasteiger partial charge in [-0.3, -0.25) is 4.98 Å². The van der Waals surface area contributed by atoms with Crippen molar-refractivity contribution >= 4 is 39.0 Å². The topological polar surface area (TPSA) is 41.9 Å². The predicted octanol–water partition coefficient (Wildman–Crippen LogP) is 3.38. The first-order valence-electron chi connectivity index (χ1n) is 5.75. The van der Waals surface area contributed by atoms with Crippen LogP contribution in [0.5, 0.6) is 0 Å². The summed E-state index contributed by atoms with van der Waals surface area (Å²) in [7, 11) is 1.99. The molecule has 0 atom stereocenters. The molecule has 0 spiro atoms. The second-order valence-electron chi connectivity index (χ2n) is 4.17. The molecule has 0 saturated carbocycles. The van der Waals surface area contributed by atoms with E-state index in [0.29, 0.717) is 0 Å². The van der Waals surface area contributed by atoms with Crippen molar-refractivity contribution in [1.82, 2.24) is 15.0 Å². The Morgan fingerprint density at radius 1 is 1.32 bits per heavy atom. The zero-order chi connectivity index (χ0) is 13.2. The summed E-state index contributed by atoms with van der Waals surface area (Å²) < 4.78 is 0. The number of anilines is 1. The van der Waals surface area contributed by atoms with Crippen molar-refractivity contribution in [3.05, 3.63) is 46.8 Å². The smallest absolute Gasteiger partial charge is 0.225 e. The number of hydrogen-bond donors (Lipinski definition) is 0. The van der Waals surface area contributed by atoms with Gasteiger partial charge in [0.15, 0.2) is 0 Å². The van der Waals surface area contributed by atoms with Gasteiger partial charge in [-0.25, -0.2) is 4.98 Å². The van der Waals surface area contributed by atoms with Gasteiger partial charge in [-0.2, -0.15) is 4.98 Å². The molecule has 3 aromatic heterocycles. The fraction of sp³-hybridized carbons (Fsp3) is 0.154. The minimum atomic E-state index is 0.281. The van der Waals surface area contributed by atoms with Gasteiger partial charge in [0.25, 0.3) is 0 Å². The van der Waals surface area contributed by atoms with Crippen molar-refractivity contribution < 1.29 is 0 Å². The van der Waals surface area contributed by atoms with E-state index in [1.807, 2.05) is 36.8 Å². The fourth-order valence-electron chi connectivity index (χ4n) is 1.95. The highest BCUT2D eigenvalue weighted by atomic mass is 35.5. The van der Waals surface area contributed by atoms with Crippen LogP contribution in [-0.2, 0) is 6.54 Å². The van der Waals surface area contributed by atoms with Crippen LogP contribution < -0.4 is 4.90 Å². The second kappa shape index (κ2) is 5.11. The van der Waals surface area contributed by atoms with E-state index < -0.39 is 0 Å². The van der Waals surface area contributed by atoms with Crippen molar-refractivity contribution in [3.8, 4) is 0 Å². The molecule has 0 fully saturated rings. The molecule has 0 saturated heterocycles. The van der Waals surface area contributed by atoms with E-state index in [-0.39, 0.29) is 5.28 Å². The third-order valence-corrected chi connectivity index (χ3v) is 3.76. The van der Waals surface area contributed by atoms with Gasteiger partial charge < -0.3 is 4.90 Å². The fourth-order valence-corrected chi connectivity index (χ4v) is 2.92. The number of aromatic nitrogens is 3. The lowest BCUT2D eigenvalue weighted by Crippen LogP contribution is -2.18. The Labute approximate surface area is 119 Å². The molecule has 0 amide bonds. The Morgan fingerprint density at radius 3 is 3.00 bits per heavy atom. The molecule has 0 aliphatic rings.